The molecule has 0 spiro atoms. The van der Waals surface area contributed by atoms with E-state index < -0.39 is 0 Å². The minimum atomic E-state index is -0.0615. The minimum absolute atomic E-state index is 0.0615. The molecule has 0 radical (unpaired) electrons. The van der Waals surface area contributed by atoms with Gasteiger partial charge >= 0.3 is 0 Å². The molecule has 0 N–H and O–H groups in total. The normalized spacial score (nSPS) is 19.2. The largest absolute Gasteiger partial charge is 0.381 e. The fourth-order valence-corrected chi connectivity index (χ4v) is 3.23. The van der Waals surface area contributed by atoms with Crippen LogP contribution < -0.4 is 0 Å². The van der Waals surface area contributed by atoms with Crippen LogP contribution in [0.2, 0.25) is 0 Å². The molecule has 0 aliphatic carbocycles. The van der Waals surface area contributed by atoms with Gasteiger partial charge in [0.25, 0.3) is 0 Å². The number of aromatic nitrogens is 1. The van der Waals surface area contributed by atoms with Gasteiger partial charge in [0.1, 0.15) is 10.9 Å². The number of rotatable bonds is 3. The van der Waals surface area contributed by atoms with Crippen molar-refractivity contribution >= 4 is 11.3 Å². The molecule has 1 fully saturated rings. The van der Waals surface area contributed by atoms with Gasteiger partial charge in [0.15, 0.2) is 0 Å². The monoisotopic (exact) mass is 250 g/mol. The molecule has 1 aliphatic rings. The molecule has 4 heteroatoms. The molecule has 0 aromatic carbocycles. The zero-order chi connectivity index (χ0) is 12.3. The zero-order valence-corrected chi connectivity index (χ0v) is 11.2. The Bertz CT molecular complexity index is 402. The standard InChI is InChI=1S/C13H18N2OS/c1-9(2)11(7-14)13-15-12(8-17-13)10-3-5-16-6-4-10/h8-11H,3-6H2,1-2H3. The van der Waals surface area contributed by atoms with Gasteiger partial charge in [0.2, 0.25) is 0 Å². The van der Waals surface area contributed by atoms with Crippen molar-refractivity contribution in [1.29, 1.82) is 5.26 Å². The summed E-state index contributed by atoms with van der Waals surface area (Å²) in [6.07, 6.45) is 2.12. The van der Waals surface area contributed by atoms with Crippen molar-refractivity contribution in [3.63, 3.8) is 0 Å². The Kier molecular flexibility index (Phi) is 4.14. The molecule has 2 heterocycles. The molecule has 1 aromatic rings. The summed E-state index contributed by atoms with van der Waals surface area (Å²) >= 11 is 1.63. The van der Waals surface area contributed by atoms with Crippen molar-refractivity contribution < 1.29 is 4.74 Å². The third-order valence-electron chi connectivity index (χ3n) is 3.25. The number of nitriles is 1. The lowest BCUT2D eigenvalue weighted by atomic mass is 9.96. The first-order valence-electron chi connectivity index (χ1n) is 6.15. The Morgan fingerprint density at radius 2 is 2.18 bits per heavy atom. The highest BCUT2D eigenvalue weighted by Gasteiger charge is 2.23. The molecule has 0 amide bonds. The number of thiazole rings is 1. The highest BCUT2D eigenvalue weighted by molar-refractivity contribution is 7.09. The Balaban J connectivity index is 2.12. The first-order chi connectivity index (χ1) is 8.22. The Morgan fingerprint density at radius 3 is 2.76 bits per heavy atom. The average molecular weight is 250 g/mol. The van der Waals surface area contributed by atoms with Gasteiger partial charge in [0, 0.05) is 24.5 Å². The molecule has 92 valence electrons. The zero-order valence-electron chi connectivity index (χ0n) is 10.3. The van der Waals surface area contributed by atoms with Gasteiger partial charge in [-0.15, -0.1) is 11.3 Å². The van der Waals surface area contributed by atoms with E-state index in [1.807, 2.05) is 0 Å². The molecule has 1 saturated heterocycles. The van der Waals surface area contributed by atoms with E-state index in [1.165, 1.54) is 0 Å². The van der Waals surface area contributed by atoms with Crippen molar-refractivity contribution in [3.05, 3.63) is 16.1 Å². The van der Waals surface area contributed by atoms with Crippen LogP contribution >= 0.6 is 11.3 Å². The molecular formula is C13H18N2OS. The molecule has 0 saturated carbocycles. The summed E-state index contributed by atoms with van der Waals surface area (Å²) in [4.78, 5) is 4.67. The van der Waals surface area contributed by atoms with E-state index in [-0.39, 0.29) is 5.92 Å². The lowest BCUT2D eigenvalue weighted by Gasteiger charge is -2.20. The van der Waals surface area contributed by atoms with Crippen LogP contribution in [0.4, 0.5) is 0 Å². The second kappa shape index (κ2) is 5.61. The van der Waals surface area contributed by atoms with Crippen LogP contribution in [0, 0.1) is 17.2 Å². The summed E-state index contributed by atoms with van der Waals surface area (Å²) in [5.74, 6) is 0.794. The van der Waals surface area contributed by atoms with E-state index in [0.717, 1.165) is 36.8 Å². The summed E-state index contributed by atoms with van der Waals surface area (Å²) in [6, 6.07) is 2.36. The smallest absolute Gasteiger partial charge is 0.110 e. The molecule has 1 atom stereocenters. The second-order valence-electron chi connectivity index (χ2n) is 4.85. The van der Waals surface area contributed by atoms with Crippen LogP contribution in [0.15, 0.2) is 5.38 Å². The van der Waals surface area contributed by atoms with E-state index in [1.54, 1.807) is 11.3 Å². The van der Waals surface area contributed by atoms with Gasteiger partial charge in [0.05, 0.1) is 11.8 Å². The summed E-state index contributed by atoms with van der Waals surface area (Å²) < 4.78 is 5.36. The van der Waals surface area contributed by atoms with Gasteiger partial charge in [-0.1, -0.05) is 13.8 Å². The van der Waals surface area contributed by atoms with E-state index in [9.17, 15) is 0 Å². The van der Waals surface area contributed by atoms with Gasteiger partial charge in [-0.05, 0) is 18.8 Å². The van der Waals surface area contributed by atoms with Crippen LogP contribution in [0.5, 0.6) is 0 Å². The topological polar surface area (TPSA) is 45.9 Å². The summed E-state index contributed by atoms with van der Waals surface area (Å²) in [5, 5.41) is 12.3. The molecule has 1 aliphatic heterocycles. The third-order valence-corrected chi connectivity index (χ3v) is 4.20. The predicted octanol–water partition coefficient (Wildman–Crippen LogP) is 3.30. The van der Waals surface area contributed by atoms with Crippen molar-refractivity contribution in [3.8, 4) is 6.07 Å². The summed E-state index contributed by atoms with van der Waals surface area (Å²) in [6.45, 7) is 5.82. The van der Waals surface area contributed by atoms with Crippen molar-refractivity contribution in [2.45, 2.75) is 38.5 Å². The Morgan fingerprint density at radius 1 is 1.47 bits per heavy atom. The fourth-order valence-electron chi connectivity index (χ4n) is 2.11. The van der Waals surface area contributed by atoms with E-state index in [2.05, 4.69) is 30.3 Å². The lowest BCUT2D eigenvalue weighted by molar-refractivity contribution is 0.0846. The van der Waals surface area contributed by atoms with Crippen molar-refractivity contribution in [2.75, 3.05) is 13.2 Å². The van der Waals surface area contributed by atoms with Crippen LogP contribution in [-0.4, -0.2) is 18.2 Å². The first kappa shape index (κ1) is 12.5. The average Bonchev–Trinajstić information content (AvgIpc) is 2.80. The molecule has 3 nitrogen and oxygen atoms in total. The maximum Gasteiger partial charge on any atom is 0.110 e. The first-order valence-corrected chi connectivity index (χ1v) is 7.03. The third kappa shape index (κ3) is 2.85. The van der Waals surface area contributed by atoms with Crippen LogP contribution in [-0.2, 0) is 4.74 Å². The fraction of sp³-hybridized carbons (Fsp3) is 0.692. The van der Waals surface area contributed by atoms with Crippen molar-refractivity contribution in [1.82, 2.24) is 4.98 Å². The highest BCUT2D eigenvalue weighted by atomic mass is 32.1. The second-order valence-corrected chi connectivity index (χ2v) is 5.74. The molecular weight excluding hydrogens is 232 g/mol. The predicted molar refractivity (Wildman–Crippen MR) is 68.1 cm³/mol. The molecule has 1 aromatic heterocycles. The summed E-state index contributed by atoms with van der Waals surface area (Å²) in [5.41, 5.74) is 1.16. The SMILES string of the molecule is CC(C)C(C#N)c1nc(C2CCOCC2)cs1. The lowest BCUT2D eigenvalue weighted by Crippen LogP contribution is -2.14. The van der Waals surface area contributed by atoms with E-state index in [4.69, 9.17) is 10.00 Å². The molecule has 2 rings (SSSR count). The summed E-state index contributed by atoms with van der Waals surface area (Å²) in [7, 11) is 0. The van der Waals surface area contributed by atoms with Crippen molar-refractivity contribution in [2.24, 2.45) is 5.92 Å². The molecule has 17 heavy (non-hydrogen) atoms. The van der Waals surface area contributed by atoms with Gasteiger partial charge < -0.3 is 4.74 Å². The molecule has 1 unspecified atom stereocenters. The Labute approximate surface area is 106 Å². The van der Waals surface area contributed by atoms with E-state index in [0.29, 0.717) is 11.8 Å². The number of ether oxygens (including phenoxy) is 1. The van der Waals surface area contributed by atoms with Gasteiger partial charge in [-0.25, -0.2) is 4.98 Å². The minimum Gasteiger partial charge on any atom is -0.381 e. The van der Waals surface area contributed by atoms with Crippen LogP contribution in [0.25, 0.3) is 0 Å². The van der Waals surface area contributed by atoms with E-state index >= 15 is 0 Å². The quantitative estimate of drug-likeness (QED) is 0.827. The van der Waals surface area contributed by atoms with Crippen LogP contribution in [0.3, 0.4) is 0 Å². The molecule has 0 bridgehead atoms. The maximum atomic E-state index is 9.17. The number of hydrogen-bond donors (Lipinski definition) is 0. The maximum absolute atomic E-state index is 9.17. The Hall–Kier alpha value is -0.920. The van der Waals surface area contributed by atoms with Crippen LogP contribution in [0.1, 0.15) is 49.2 Å². The number of nitrogens with zero attached hydrogens (tertiary/aromatic N) is 2. The van der Waals surface area contributed by atoms with Gasteiger partial charge in [-0.3, -0.25) is 0 Å². The van der Waals surface area contributed by atoms with Gasteiger partial charge in [-0.2, -0.15) is 5.26 Å². The highest BCUT2D eigenvalue weighted by Crippen LogP contribution is 2.32. The number of hydrogen-bond acceptors (Lipinski definition) is 4.